The van der Waals surface area contributed by atoms with Crippen molar-refractivity contribution in [2.45, 2.75) is 51.1 Å². The number of hydrogen-bond acceptors (Lipinski definition) is 6. The number of nitrogens with zero attached hydrogens (tertiary/aromatic N) is 2. The minimum Gasteiger partial charge on any atom is -0.322 e. The fourth-order valence-corrected chi connectivity index (χ4v) is 5.71. The first-order valence-electron chi connectivity index (χ1n) is 12.0. The Balaban J connectivity index is 1.86. The van der Waals surface area contributed by atoms with Gasteiger partial charge >= 0.3 is 0 Å². The van der Waals surface area contributed by atoms with E-state index in [1.165, 1.54) is 30.5 Å². The molecule has 196 valence electrons. The smallest absolute Gasteiger partial charge is 0.262 e. The Morgan fingerprint density at radius 3 is 2.22 bits per heavy atom. The number of sulfonamides is 1. The molecule has 1 atom stereocenters. The number of hydroxylamine groups is 1. The Morgan fingerprint density at radius 2 is 1.68 bits per heavy atom. The molecule has 0 unspecified atom stereocenters. The van der Waals surface area contributed by atoms with Gasteiger partial charge in [-0.1, -0.05) is 45.4 Å². The van der Waals surface area contributed by atoms with Gasteiger partial charge in [-0.05, 0) is 65.9 Å². The number of aromatic nitrogens is 1. The molecule has 2 aromatic carbocycles. The highest BCUT2D eigenvalue weighted by Crippen LogP contribution is 2.26. The van der Waals surface area contributed by atoms with Gasteiger partial charge in [0.1, 0.15) is 6.04 Å². The van der Waals surface area contributed by atoms with Crippen LogP contribution in [-0.2, 0) is 27.8 Å². The first kappa shape index (κ1) is 28.0. The van der Waals surface area contributed by atoms with Crippen LogP contribution in [0.5, 0.6) is 0 Å². The topological polar surface area (TPSA) is 129 Å². The van der Waals surface area contributed by atoms with Crippen LogP contribution in [0.15, 0.2) is 78.0 Å². The van der Waals surface area contributed by atoms with E-state index in [9.17, 15) is 23.2 Å². The lowest BCUT2D eigenvalue weighted by atomic mass is 10.0. The summed E-state index contributed by atoms with van der Waals surface area (Å²) in [5.74, 6) is -1.59. The highest BCUT2D eigenvalue weighted by Gasteiger charge is 2.38. The molecule has 37 heavy (non-hydrogen) atoms. The molecule has 0 spiro atoms. The number of anilines is 1. The molecule has 0 saturated carbocycles. The fourth-order valence-electron chi connectivity index (χ4n) is 4.00. The summed E-state index contributed by atoms with van der Waals surface area (Å²) in [5, 5.41) is 12.1. The van der Waals surface area contributed by atoms with Crippen molar-refractivity contribution >= 4 is 27.5 Å². The van der Waals surface area contributed by atoms with Gasteiger partial charge in [-0.15, -0.1) is 0 Å². The number of carbonyl (C=O) groups is 2. The van der Waals surface area contributed by atoms with Gasteiger partial charge < -0.3 is 5.32 Å². The third-order valence-corrected chi connectivity index (χ3v) is 7.70. The molecule has 1 heterocycles. The highest BCUT2D eigenvalue weighted by molar-refractivity contribution is 7.89. The number of benzene rings is 2. The van der Waals surface area contributed by atoms with Crippen LogP contribution in [0.4, 0.5) is 5.69 Å². The zero-order valence-electron chi connectivity index (χ0n) is 21.1. The van der Waals surface area contributed by atoms with Gasteiger partial charge in [-0.25, -0.2) is 13.9 Å². The molecule has 0 fully saturated rings. The van der Waals surface area contributed by atoms with Gasteiger partial charge in [0.25, 0.3) is 11.8 Å². The molecule has 0 aliphatic rings. The molecule has 2 amide bonds. The maximum absolute atomic E-state index is 13.7. The summed E-state index contributed by atoms with van der Waals surface area (Å²) < 4.78 is 28.4. The molecule has 10 heteroatoms. The van der Waals surface area contributed by atoms with E-state index >= 15 is 0 Å². The molecular formula is C27H32N4O5S. The van der Waals surface area contributed by atoms with Crippen molar-refractivity contribution < 1.29 is 23.2 Å². The Kier molecular flexibility index (Phi) is 9.51. The van der Waals surface area contributed by atoms with Crippen LogP contribution >= 0.6 is 0 Å². The molecule has 0 aliphatic heterocycles. The lowest BCUT2D eigenvalue weighted by Crippen LogP contribution is -2.51. The van der Waals surface area contributed by atoms with E-state index < -0.39 is 27.9 Å². The van der Waals surface area contributed by atoms with E-state index in [0.29, 0.717) is 16.8 Å². The molecular weight excluding hydrogens is 492 g/mol. The average Bonchev–Trinajstić information content (AvgIpc) is 2.89. The Hall–Kier alpha value is -3.60. The summed E-state index contributed by atoms with van der Waals surface area (Å²) in [6, 6.07) is 15.3. The number of amides is 2. The molecule has 3 rings (SSSR count). The van der Waals surface area contributed by atoms with Crippen LogP contribution in [-0.4, -0.2) is 40.8 Å². The fraction of sp³-hybridized carbons (Fsp3) is 0.296. The highest BCUT2D eigenvalue weighted by atomic mass is 32.2. The summed E-state index contributed by atoms with van der Waals surface area (Å²) in [6.45, 7) is 5.35. The van der Waals surface area contributed by atoms with Gasteiger partial charge in [0, 0.05) is 30.2 Å². The lowest BCUT2D eigenvalue weighted by Gasteiger charge is -2.32. The molecule has 0 aliphatic carbocycles. The van der Waals surface area contributed by atoms with Gasteiger partial charge in [0.05, 0.1) is 4.90 Å². The van der Waals surface area contributed by atoms with Crippen molar-refractivity contribution in [3.8, 4) is 0 Å². The zero-order chi connectivity index (χ0) is 27.0. The normalized spacial score (nSPS) is 12.4. The van der Waals surface area contributed by atoms with Gasteiger partial charge in [-0.3, -0.25) is 19.8 Å². The summed E-state index contributed by atoms with van der Waals surface area (Å²) in [7, 11) is -4.19. The Labute approximate surface area is 217 Å². The molecule has 9 nitrogen and oxygen atoms in total. The number of aryl methyl sites for hydroxylation is 1. The first-order chi connectivity index (χ1) is 17.7. The minimum atomic E-state index is -4.19. The summed E-state index contributed by atoms with van der Waals surface area (Å²) in [4.78, 5) is 29.1. The summed E-state index contributed by atoms with van der Waals surface area (Å²) in [5.41, 5.74) is 4.24. The van der Waals surface area contributed by atoms with Crippen LogP contribution in [0.25, 0.3) is 0 Å². The van der Waals surface area contributed by atoms with E-state index in [1.807, 2.05) is 12.1 Å². The summed E-state index contributed by atoms with van der Waals surface area (Å²) in [6.07, 6.45) is 5.04. The molecule has 0 radical (unpaired) electrons. The van der Waals surface area contributed by atoms with Crippen molar-refractivity contribution in [3.63, 3.8) is 0 Å². The SMILES string of the molecule is CCCc1ccc(C(=O)Nc2ccc(S(=O)(=O)N(Cc3cccnc3)[C@@H](C(=O)NO)C(C)C)cc2)cc1. The van der Waals surface area contributed by atoms with Crippen molar-refractivity contribution in [3.05, 3.63) is 89.7 Å². The molecule has 0 bridgehead atoms. The second-order valence-electron chi connectivity index (χ2n) is 9.00. The summed E-state index contributed by atoms with van der Waals surface area (Å²) >= 11 is 0. The second-order valence-corrected chi connectivity index (χ2v) is 10.9. The number of carbonyl (C=O) groups excluding carboxylic acids is 2. The Morgan fingerprint density at radius 1 is 1.00 bits per heavy atom. The third kappa shape index (κ3) is 7.00. The minimum absolute atomic E-state index is 0.0605. The van der Waals surface area contributed by atoms with E-state index in [4.69, 9.17) is 0 Å². The van der Waals surface area contributed by atoms with Crippen LogP contribution in [0.2, 0.25) is 0 Å². The number of hydrogen-bond donors (Lipinski definition) is 3. The maximum atomic E-state index is 13.7. The predicted octanol–water partition coefficient (Wildman–Crippen LogP) is 4.01. The monoisotopic (exact) mass is 524 g/mol. The Bertz CT molecular complexity index is 1290. The van der Waals surface area contributed by atoms with E-state index in [-0.39, 0.29) is 17.3 Å². The van der Waals surface area contributed by atoms with Gasteiger partial charge in [0.15, 0.2) is 0 Å². The van der Waals surface area contributed by atoms with Crippen LogP contribution in [0.3, 0.4) is 0 Å². The van der Waals surface area contributed by atoms with Crippen molar-refractivity contribution in [1.29, 1.82) is 0 Å². The van der Waals surface area contributed by atoms with Gasteiger partial charge in [-0.2, -0.15) is 4.31 Å². The number of pyridine rings is 1. The van der Waals surface area contributed by atoms with Crippen LogP contribution < -0.4 is 10.8 Å². The molecule has 1 aromatic heterocycles. The van der Waals surface area contributed by atoms with Crippen LogP contribution in [0.1, 0.15) is 48.7 Å². The van der Waals surface area contributed by atoms with Gasteiger partial charge in [0.2, 0.25) is 10.0 Å². The first-order valence-corrected chi connectivity index (χ1v) is 13.5. The molecule has 3 N–H and O–H groups in total. The number of nitrogens with one attached hydrogen (secondary N) is 2. The molecule has 3 aromatic rings. The third-order valence-electron chi connectivity index (χ3n) is 5.86. The van der Waals surface area contributed by atoms with E-state index in [2.05, 4.69) is 17.2 Å². The van der Waals surface area contributed by atoms with Crippen molar-refractivity contribution in [2.75, 3.05) is 5.32 Å². The predicted molar refractivity (Wildman–Crippen MR) is 140 cm³/mol. The van der Waals surface area contributed by atoms with Crippen molar-refractivity contribution in [1.82, 2.24) is 14.8 Å². The van der Waals surface area contributed by atoms with E-state index in [0.717, 1.165) is 22.7 Å². The number of rotatable bonds is 11. The largest absolute Gasteiger partial charge is 0.322 e. The average molecular weight is 525 g/mol. The van der Waals surface area contributed by atoms with Crippen molar-refractivity contribution in [2.24, 2.45) is 5.92 Å². The maximum Gasteiger partial charge on any atom is 0.262 e. The quantitative estimate of drug-likeness (QED) is 0.257. The zero-order valence-corrected chi connectivity index (χ0v) is 21.9. The standard InChI is InChI=1S/C27H32N4O5S/c1-4-6-20-8-10-22(11-9-20)26(32)29-23-12-14-24(15-13-23)37(35,36)31(18-21-7-5-16-28-17-21)25(19(2)3)27(33)30-34/h5,7-17,19,25,34H,4,6,18H2,1-3H3,(H,29,32)(H,30,33)/t25-/m1/s1. The van der Waals surface area contributed by atoms with E-state index in [1.54, 1.807) is 49.8 Å². The van der Waals surface area contributed by atoms with Crippen LogP contribution in [0, 0.1) is 5.92 Å². The molecule has 0 saturated heterocycles. The lowest BCUT2D eigenvalue weighted by molar-refractivity contribution is -0.134. The second kappa shape index (κ2) is 12.6.